The lowest BCUT2D eigenvalue weighted by atomic mass is 10.2. The van der Waals surface area contributed by atoms with Crippen molar-refractivity contribution in [2.75, 3.05) is 20.3 Å². The van der Waals surface area contributed by atoms with Gasteiger partial charge in [-0.2, -0.15) is 5.10 Å². The van der Waals surface area contributed by atoms with Gasteiger partial charge in [0.15, 0.2) is 0 Å². The number of carbonyl (C=O) groups is 1. The number of methoxy groups -OCH3 is 1. The average Bonchev–Trinajstić information content (AvgIpc) is 2.52. The predicted molar refractivity (Wildman–Crippen MR) is 51.8 cm³/mol. The van der Waals surface area contributed by atoms with Crippen LogP contribution in [0.2, 0.25) is 0 Å². The highest BCUT2D eigenvalue weighted by Crippen LogP contribution is 1.95. The van der Waals surface area contributed by atoms with Crippen LogP contribution in [0.15, 0.2) is 12.4 Å². The molecule has 78 valence electrons. The first-order valence-corrected chi connectivity index (χ1v) is 4.45. The van der Waals surface area contributed by atoms with Crippen LogP contribution in [-0.2, 0) is 23.0 Å². The number of hydrogen-bond acceptors (Lipinski definition) is 3. The fraction of sp³-hybridized carbons (Fsp3) is 0.556. The summed E-state index contributed by atoms with van der Waals surface area (Å²) in [5.74, 6) is -0.0867. The standard InChI is InChI=1S/C9H15N3O2/c1-12-6-8(5-11-12)3-4-10-9(13)7-14-2/h5-6H,3-4,7H2,1-2H3,(H,10,13). The first-order valence-electron chi connectivity index (χ1n) is 4.45. The molecule has 14 heavy (non-hydrogen) atoms. The van der Waals surface area contributed by atoms with E-state index in [9.17, 15) is 4.79 Å². The molecular formula is C9H15N3O2. The number of nitrogens with one attached hydrogen (secondary N) is 1. The molecule has 5 nitrogen and oxygen atoms in total. The molecule has 5 heteroatoms. The topological polar surface area (TPSA) is 56.1 Å². The molecule has 0 fully saturated rings. The second-order valence-electron chi connectivity index (χ2n) is 3.06. The molecule has 0 aliphatic carbocycles. The number of hydrogen-bond donors (Lipinski definition) is 1. The predicted octanol–water partition coefficient (Wildman–Crippen LogP) is -0.275. The number of aryl methyl sites for hydroxylation is 1. The van der Waals surface area contributed by atoms with Gasteiger partial charge < -0.3 is 10.1 Å². The number of ether oxygens (including phenoxy) is 1. The van der Waals surface area contributed by atoms with Crippen LogP contribution in [0.1, 0.15) is 5.56 Å². The molecule has 0 aromatic carbocycles. The number of rotatable bonds is 5. The first kappa shape index (κ1) is 10.7. The maximum atomic E-state index is 11.0. The van der Waals surface area contributed by atoms with Crippen LogP contribution < -0.4 is 5.32 Å². The summed E-state index contributed by atoms with van der Waals surface area (Å²) in [5, 5.41) is 6.77. The lowest BCUT2D eigenvalue weighted by Gasteiger charge is -2.02. The summed E-state index contributed by atoms with van der Waals surface area (Å²) in [6, 6.07) is 0. The zero-order chi connectivity index (χ0) is 10.4. The van der Waals surface area contributed by atoms with Gasteiger partial charge in [-0.25, -0.2) is 0 Å². The Bertz CT molecular complexity index is 296. The van der Waals surface area contributed by atoms with Crippen LogP contribution in [-0.4, -0.2) is 35.9 Å². The van der Waals surface area contributed by atoms with Gasteiger partial charge >= 0.3 is 0 Å². The fourth-order valence-electron chi connectivity index (χ4n) is 1.13. The van der Waals surface area contributed by atoms with Crippen molar-refractivity contribution in [3.63, 3.8) is 0 Å². The molecule has 0 aliphatic heterocycles. The molecule has 1 aromatic rings. The number of carbonyl (C=O) groups excluding carboxylic acids is 1. The SMILES string of the molecule is COCC(=O)NCCc1cnn(C)c1. The molecule has 0 radical (unpaired) electrons. The van der Waals surface area contributed by atoms with Crippen molar-refractivity contribution in [1.29, 1.82) is 0 Å². The van der Waals surface area contributed by atoms with Crippen molar-refractivity contribution in [1.82, 2.24) is 15.1 Å². The summed E-state index contributed by atoms with van der Waals surface area (Å²) in [5.41, 5.74) is 1.12. The minimum Gasteiger partial charge on any atom is -0.375 e. The van der Waals surface area contributed by atoms with E-state index in [1.807, 2.05) is 13.2 Å². The Morgan fingerprint density at radius 1 is 1.71 bits per heavy atom. The van der Waals surface area contributed by atoms with Gasteiger partial charge in [-0.3, -0.25) is 9.48 Å². The van der Waals surface area contributed by atoms with Crippen molar-refractivity contribution in [2.24, 2.45) is 7.05 Å². The molecular weight excluding hydrogens is 182 g/mol. The van der Waals surface area contributed by atoms with Gasteiger partial charge in [0.2, 0.25) is 5.91 Å². The van der Waals surface area contributed by atoms with Crippen molar-refractivity contribution in [3.8, 4) is 0 Å². The largest absolute Gasteiger partial charge is 0.375 e. The Hall–Kier alpha value is -1.36. The molecule has 0 aliphatic rings. The van der Waals surface area contributed by atoms with Crippen LogP contribution in [0.3, 0.4) is 0 Å². The molecule has 1 N–H and O–H groups in total. The van der Waals surface area contributed by atoms with E-state index in [4.69, 9.17) is 0 Å². The lowest BCUT2D eigenvalue weighted by Crippen LogP contribution is -2.28. The van der Waals surface area contributed by atoms with E-state index < -0.39 is 0 Å². The maximum Gasteiger partial charge on any atom is 0.245 e. The zero-order valence-corrected chi connectivity index (χ0v) is 8.49. The minimum atomic E-state index is -0.0867. The van der Waals surface area contributed by atoms with Gasteiger partial charge in [0.05, 0.1) is 6.20 Å². The highest BCUT2D eigenvalue weighted by Gasteiger charge is 2.00. The molecule has 0 saturated carbocycles. The van der Waals surface area contributed by atoms with Crippen LogP contribution in [0.4, 0.5) is 0 Å². The summed E-state index contributed by atoms with van der Waals surface area (Å²) in [7, 11) is 3.37. The molecule has 0 atom stereocenters. The van der Waals surface area contributed by atoms with E-state index in [0.717, 1.165) is 12.0 Å². The van der Waals surface area contributed by atoms with E-state index >= 15 is 0 Å². The average molecular weight is 197 g/mol. The molecule has 0 bridgehead atoms. The van der Waals surface area contributed by atoms with Gasteiger partial charge in [0, 0.05) is 26.9 Å². The normalized spacial score (nSPS) is 10.1. The van der Waals surface area contributed by atoms with Crippen LogP contribution in [0.25, 0.3) is 0 Å². The Morgan fingerprint density at radius 3 is 3.07 bits per heavy atom. The smallest absolute Gasteiger partial charge is 0.245 e. The molecule has 1 rings (SSSR count). The Balaban J connectivity index is 2.18. The quantitative estimate of drug-likeness (QED) is 0.706. The molecule has 1 aromatic heterocycles. The summed E-state index contributed by atoms with van der Waals surface area (Å²) in [6.45, 7) is 0.737. The van der Waals surface area contributed by atoms with Crippen molar-refractivity contribution in [2.45, 2.75) is 6.42 Å². The Kier molecular flexibility index (Phi) is 4.12. The van der Waals surface area contributed by atoms with Gasteiger partial charge in [-0.1, -0.05) is 0 Å². The van der Waals surface area contributed by atoms with Gasteiger partial charge in [0.25, 0.3) is 0 Å². The zero-order valence-electron chi connectivity index (χ0n) is 8.49. The van der Waals surface area contributed by atoms with Crippen LogP contribution >= 0.6 is 0 Å². The molecule has 0 saturated heterocycles. The van der Waals surface area contributed by atoms with E-state index in [2.05, 4.69) is 15.2 Å². The van der Waals surface area contributed by atoms with E-state index in [-0.39, 0.29) is 12.5 Å². The fourth-order valence-corrected chi connectivity index (χ4v) is 1.13. The van der Waals surface area contributed by atoms with E-state index in [0.29, 0.717) is 6.54 Å². The maximum absolute atomic E-state index is 11.0. The Morgan fingerprint density at radius 2 is 2.50 bits per heavy atom. The summed E-state index contributed by atoms with van der Waals surface area (Å²) < 4.78 is 6.42. The minimum absolute atomic E-state index is 0.0867. The van der Waals surface area contributed by atoms with Gasteiger partial charge in [0.1, 0.15) is 6.61 Å². The lowest BCUT2D eigenvalue weighted by molar-refractivity contribution is -0.124. The van der Waals surface area contributed by atoms with Crippen molar-refractivity contribution in [3.05, 3.63) is 18.0 Å². The number of aromatic nitrogens is 2. The third-order valence-electron chi connectivity index (χ3n) is 1.77. The van der Waals surface area contributed by atoms with Gasteiger partial charge in [-0.15, -0.1) is 0 Å². The second kappa shape index (κ2) is 5.39. The van der Waals surface area contributed by atoms with Crippen molar-refractivity contribution < 1.29 is 9.53 Å². The van der Waals surface area contributed by atoms with Crippen LogP contribution in [0, 0.1) is 0 Å². The van der Waals surface area contributed by atoms with Crippen LogP contribution in [0.5, 0.6) is 0 Å². The summed E-state index contributed by atoms with van der Waals surface area (Å²) in [4.78, 5) is 11.0. The third kappa shape index (κ3) is 3.57. The second-order valence-corrected chi connectivity index (χ2v) is 3.06. The molecule has 1 amide bonds. The third-order valence-corrected chi connectivity index (χ3v) is 1.77. The Labute approximate surface area is 83.1 Å². The van der Waals surface area contributed by atoms with E-state index in [1.54, 1.807) is 10.9 Å². The molecule has 1 heterocycles. The van der Waals surface area contributed by atoms with Gasteiger partial charge in [-0.05, 0) is 12.0 Å². The molecule has 0 unspecified atom stereocenters. The number of nitrogens with zero attached hydrogens (tertiary/aromatic N) is 2. The van der Waals surface area contributed by atoms with E-state index in [1.165, 1.54) is 7.11 Å². The monoisotopic (exact) mass is 197 g/mol. The highest BCUT2D eigenvalue weighted by molar-refractivity contribution is 5.77. The highest BCUT2D eigenvalue weighted by atomic mass is 16.5. The van der Waals surface area contributed by atoms with Crippen molar-refractivity contribution >= 4 is 5.91 Å². The first-order chi connectivity index (χ1) is 6.72. The summed E-state index contributed by atoms with van der Waals surface area (Å²) in [6.07, 6.45) is 4.52. The molecule has 0 spiro atoms. The number of amides is 1. The summed E-state index contributed by atoms with van der Waals surface area (Å²) >= 11 is 0.